The van der Waals surface area contributed by atoms with Crippen LogP contribution < -0.4 is 9.44 Å². The van der Waals surface area contributed by atoms with E-state index in [0.29, 0.717) is 0 Å². The molecule has 18 heavy (non-hydrogen) atoms. The van der Waals surface area contributed by atoms with Crippen LogP contribution in [-0.2, 0) is 25.0 Å². The molecular formula is C7H17N3O6S2. The average molecular weight is 303 g/mol. The van der Waals surface area contributed by atoms with E-state index in [1.165, 1.54) is 14.1 Å². The highest BCUT2D eigenvalue weighted by Crippen LogP contribution is 1.95. The molecule has 0 aliphatic heterocycles. The van der Waals surface area contributed by atoms with Crippen molar-refractivity contribution in [2.45, 2.75) is 6.42 Å². The normalized spacial score (nSPS) is 12.8. The minimum atomic E-state index is -3.86. The van der Waals surface area contributed by atoms with E-state index in [1.807, 2.05) is 4.72 Å². The third kappa shape index (κ3) is 6.86. The van der Waals surface area contributed by atoms with Crippen LogP contribution in [-0.4, -0.2) is 65.2 Å². The van der Waals surface area contributed by atoms with E-state index in [-0.39, 0.29) is 19.5 Å². The number of nitrogens with one attached hydrogen (secondary N) is 2. The number of nitrogens with zero attached hydrogens (tertiary/aromatic N) is 1. The van der Waals surface area contributed by atoms with Crippen molar-refractivity contribution in [3.8, 4) is 0 Å². The smallest absolute Gasteiger partial charge is 0.304 e. The molecule has 0 amide bonds. The fraction of sp³-hybridized carbons (Fsp3) is 0.857. The summed E-state index contributed by atoms with van der Waals surface area (Å²) in [5.41, 5.74) is 0. The van der Waals surface area contributed by atoms with Crippen LogP contribution in [0.25, 0.3) is 0 Å². The molecule has 0 atom stereocenters. The maximum Gasteiger partial charge on any atom is 0.304 e. The van der Waals surface area contributed by atoms with Crippen molar-refractivity contribution in [1.29, 1.82) is 0 Å². The Morgan fingerprint density at radius 3 is 2.28 bits per heavy atom. The second kappa shape index (κ2) is 6.99. The second-order valence-corrected chi connectivity index (χ2v) is 7.30. The zero-order chi connectivity index (χ0) is 14.4. The molecule has 0 aliphatic rings. The van der Waals surface area contributed by atoms with Gasteiger partial charge in [0.05, 0.1) is 12.2 Å². The number of aliphatic carboxylic acids is 1. The number of sulfonamides is 1. The molecule has 0 aromatic heterocycles. The molecule has 0 heterocycles. The molecule has 0 fully saturated rings. The second-order valence-electron chi connectivity index (χ2n) is 3.39. The summed E-state index contributed by atoms with van der Waals surface area (Å²) in [4.78, 5) is 10.3. The average Bonchev–Trinajstić information content (AvgIpc) is 2.25. The first kappa shape index (κ1) is 17.2. The molecule has 9 nitrogen and oxygen atoms in total. The molecule has 0 rings (SSSR count). The summed E-state index contributed by atoms with van der Waals surface area (Å²) in [6.07, 6.45) is -0.327. The largest absolute Gasteiger partial charge is 0.481 e. The molecule has 0 unspecified atom stereocenters. The van der Waals surface area contributed by atoms with Crippen LogP contribution in [0.1, 0.15) is 6.42 Å². The Hall–Kier alpha value is -0.750. The van der Waals surface area contributed by atoms with E-state index in [4.69, 9.17) is 5.11 Å². The predicted molar refractivity (Wildman–Crippen MR) is 64.7 cm³/mol. The summed E-state index contributed by atoms with van der Waals surface area (Å²) in [6.45, 7) is -0.480. The van der Waals surface area contributed by atoms with Crippen molar-refractivity contribution in [3.05, 3.63) is 0 Å². The van der Waals surface area contributed by atoms with E-state index < -0.39 is 32.0 Å². The van der Waals surface area contributed by atoms with E-state index in [0.717, 1.165) is 4.31 Å². The summed E-state index contributed by atoms with van der Waals surface area (Å²) >= 11 is 0. The van der Waals surface area contributed by atoms with Gasteiger partial charge in [-0.1, -0.05) is 0 Å². The van der Waals surface area contributed by atoms with Gasteiger partial charge in [-0.3, -0.25) is 4.79 Å². The Morgan fingerprint density at radius 2 is 1.83 bits per heavy atom. The lowest BCUT2D eigenvalue weighted by atomic mass is 10.4. The maximum atomic E-state index is 11.5. The number of hydrogen-bond acceptors (Lipinski definition) is 5. The van der Waals surface area contributed by atoms with Gasteiger partial charge < -0.3 is 5.11 Å². The van der Waals surface area contributed by atoms with Crippen molar-refractivity contribution in [2.24, 2.45) is 0 Å². The highest BCUT2D eigenvalue weighted by Gasteiger charge is 2.18. The molecule has 0 saturated heterocycles. The molecule has 11 heteroatoms. The minimum absolute atomic E-state index is 0.191. The first-order chi connectivity index (χ1) is 8.10. The number of rotatable bonds is 9. The van der Waals surface area contributed by atoms with Gasteiger partial charge in [0.25, 0.3) is 10.2 Å². The summed E-state index contributed by atoms with van der Waals surface area (Å²) in [5.74, 6) is -1.51. The lowest BCUT2D eigenvalue weighted by Crippen LogP contribution is -2.41. The highest BCUT2D eigenvalue weighted by atomic mass is 32.2. The van der Waals surface area contributed by atoms with Crippen molar-refractivity contribution in [2.75, 3.05) is 32.9 Å². The third-order valence-corrected chi connectivity index (χ3v) is 4.95. The SMILES string of the molecule is CNS(=O)(=O)CCNS(=O)(=O)N(C)CCC(=O)O. The van der Waals surface area contributed by atoms with E-state index in [9.17, 15) is 21.6 Å². The molecule has 0 bridgehead atoms. The quantitative estimate of drug-likeness (QED) is 0.442. The van der Waals surface area contributed by atoms with Gasteiger partial charge in [-0.15, -0.1) is 0 Å². The molecule has 3 N–H and O–H groups in total. The molecule has 0 aromatic carbocycles. The van der Waals surface area contributed by atoms with Gasteiger partial charge in [-0.05, 0) is 7.05 Å². The Balaban J connectivity index is 4.27. The van der Waals surface area contributed by atoms with Crippen molar-refractivity contribution >= 4 is 26.2 Å². The van der Waals surface area contributed by atoms with E-state index in [1.54, 1.807) is 0 Å². The van der Waals surface area contributed by atoms with Crippen molar-refractivity contribution < 1.29 is 26.7 Å². The summed E-state index contributed by atoms with van der Waals surface area (Å²) < 4.78 is 50.0. The van der Waals surface area contributed by atoms with Gasteiger partial charge in [0, 0.05) is 20.1 Å². The third-order valence-electron chi connectivity index (χ3n) is 2.02. The van der Waals surface area contributed by atoms with Gasteiger partial charge in [0.15, 0.2) is 0 Å². The van der Waals surface area contributed by atoms with Crippen molar-refractivity contribution in [1.82, 2.24) is 13.7 Å². The Kier molecular flexibility index (Phi) is 6.70. The van der Waals surface area contributed by atoms with Crippen LogP contribution >= 0.6 is 0 Å². The lowest BCUT2D eigenvalue weighted by molar-refractivity contribution is -0.137. The number of hydrogen-bond donors (Lipinski definition) is 3. The fourth-order valence-electron chi connectivity index (χ4n) is 0.891. The first-order valence-electron chi connectivity index (χ1n) is 4.94. The van der Waals surface area contributed by atoms with Crippen LogP contribution in [0.2, 0.25) is 0 Å². The summed E-state index contributed by atoms with van der Waals surface area (Å²) in [5, 5.41) is 8.41. The summed E-state index contributed by atoms with van der Waals surface area (Å²) in [7, 11) is -4.91. The Morgan fingerprint density at radius 1 is 1.28 bits per heavy atom. The molecule has 0 radical (unpaired) electrons. The van der Waals surface area contributed by atoms with E-state index >= 15 is 0 Å². The van der Waals surface area contributed by atoms with Crippen LogP contribution in [0.15, 0.2) is 0 Å². The first-order valence-corrected chi connectivity index (χ1v) is 8.04. The summed E-state index contributed by atoms with van der Waals surface area (Å²) in [6, 6.07) is 0. The van der Waals surface area contributed by atoms with Crippen LogP contribution in [0, 0.1) is 0 Å². The van der Waals surface area contributed by atoms with E-state index in [2.05, 4.69) is 4.72 Å². The molecule has 0 aliphatic carbocycles. The standard InChI is InChI=1S/C7H17N3O6S2/c1-8-17(13,14)6-4-9-18(15,16)10(2)5-3-7(11)12/h8-9H,3-6H2,1-2H3,(H,11,12). The van der Waals surface area contributed by atoms with Gasteiger partial charge >= 0.3 is 5.97 Å². The van der Waals surface area contributed by atoms with Gasteiger partial charge in [-0.25, -0.2) is 17.9 Å². The van der Waals surface area contributed by atoms with Gasteiger partial charge in [-0.2, -0.15) is 12.7 Å². The highest BCUT2D eigenvalue weighted by molar-refractivity contribution is 7.89. The number of carbonyl (C=O) groups is 1. The minimum Gasteiger partial charge on any atom is -0.481 e. The lowest BCUT2D eigenvalue weighted by Gasteiger charge is -2.16. The number of carboxylic acid groups (broad SMARTS) is 1. The molecule has 0 saturated carbocycles. The maximum absolute atomic E-state index is 11.5. The molecular weight excluding hydrogens is 286 g/mol. The molecule has 0 spiro atoms. The Labute approximate surface area is 106 Å². The van der Waals surface area contributed by atoms with Crippen LogP contribution in [0.5, 0.6) is 0 Å². The van der Waals surface area contributed by atoms with Crippen molar-refractivity contribution in [3.63, 3.8) is 0 Å². The molecule has 0 aromatic rings. The molecule has 108 valence electrons. The monoisotopic (exact) mass is 303 g/mol. The van der Waals surface area contributed by atoms with Crippen LogP contribution in [0.4, 0.5) is 0 Å². The zero-order valence-corrected chi connectivity index (χ0v) is 11.7. The fourth-order valence-corrected chi connectivity index (χ4v) is 2.51. The van der Waals surface area contributed by atoms with Crippen LogP contribution in [0.3, 0.4) is 0 Å². The Bertz CT molecular complexity index is 471. The van der Waals surface area contributed by atoms with Gasteiger partial charge in [0.1, 0.15) is 0 Å². The zero-order valence-electron chi connectivity index (χ0n) is 10.1. The topological polar surface area (TPSA) is 133 Å². The number of carboxylic acids is 1. The predicted octanol–water partition coefficient (Wildman–Crippen LogP) is -2.22. The van der Waals surface area contributed by atoms with Gasteiger partial charge in [0.2, 0.25) is 10.0 Å².